The lowest BCUT2D eigenvalue weighted by molar-refractivity contribution is -0.508. The monoisotopic (exact) mass is 328 g/mol. The lowest BCUT2D eigenvalue weighted by atomic mass is 9.47. The van der Waals surface area contributed by atoms with E-state index >= 15 is 0 Å². The molecule has 0 aromatic carbocycles. The Morgan fingerprint density at radius 2 is 0.522 bits per heavy atom. The Labute approximate surface area is 142 Å². The molecule has 0 unspecified atom stereocenters. The molecule has 0 N–H and O–H groups in total. The minimum atomic E-state index is -0.669. The zero-order valence-corrected chi connectivity index (χ0v) is 17.1. The van der Waals surface area contributed by atoms with E-state index < -0.39 is 39.4 Å². The molecule has 0 atom stereocenters. The molecule has 2 saturated heterocycles. The second-order valence-electron chi connectivity index (χ2n) is 10.00. The van der Waals surface area contributed by atoms with Gasteiger partial charge in [0, 0.05) is 0 Å². The van der Waals surface area contributed by atoms with Crippen molar-refractivity contribution in [2.45, 2.75) is 117 Å². The van der Waals surface area contributed by atoms with Crippen LogP contribution in [0.25, 0.3) is 0 Å². The Morgan fingerprint density at radius 1 is 0.348 bits per heavy atom. The van der Waals surface area contributed by atoms with Crippen LogP contribution in [0.5, 0.6) is 0 Å². The molecule has 0 aromatic rings. The summed E-state index contributed by atoms with van der Waals surface area (Å²) >= 11 is 0. The van der Waals surface area contributed by atoms with Gasteiger partial charge in [0.15, 0.2) is 11.6 Å². The maximum absolute atomic E-state index is 6.45. The van der Waals surface area contributed by atoms with Gasteiger partial charge in [-0.15, -0.1) is 0 Å². The van der Waals surface area contributed by atoms with Crippen LogP contribution in [0.2, 0.25) is 0 Å². The summed E-state index contributed by atoms with van der Waals surface area (Å²) in [6.07, 6.45) is 0. The summed E-state index contributed by atoms with van der Waals surface area (Å²) in [7, 11) is 0. The first kappa shape index (κ1) is 19.2. The molecule has 0 aliphatic carbocycles. The second-order valence-corrected chi connectivity index (χ2v) is 10.00. The lowest BCUT2D eigenvalue weighted by Gasteiger charge is -2.74. The number of hydrogen-bond donors (Lipinski definition) is 0. The van der Waals surface area contributed by atoms with Crippen molar-refractivity contribution >= 4 is 0 Å². The van der Waals surface area contributed by atoms with Gasteiger partial charge < -0.3 is 18.9 Å². The maximum Gasteiger partial charge on any atom is 0.164 e. The first-order chi connectivity index (χ1) is 9.83. The van der Waals surface area contributed by atoms with Crippen LogP contribution in [0.4, 0.5) is 0 Å². The minimum Gasteiger partial charge on any atom is -0.344 e. The van der Waals surface area contributed by atoms with Crippen molar-refractivity contribution in [1.82, 2.24) is 0 Å². The summed E-state index contributed by atoms with van der Waals surface area (Å²) in [5, 5.41) is 0. The summed E-state index contributed by atoms with van der Waals surface area (Å²) < 4.78 is 25.8. The third-order valence-corrected chi connectivity index (χ3v) is 5.62. The highest BCUT2D eigenvalue weighted by Crippen LogP contribution is 2.67. The molecule has 2 heterocycles. The normalized spacial score (nSPS) is 35.0. The SMILES string of the molecule is CC1(C)OC(C)(C)C2(C(C)(C)O1)C(C)(C)OC(C)(C)OC2(C)C. The Morgan fingerprint density at radius 3 is 0.696 bits per heavy atom. The number of rotatable bonds is 0. The van der Waals surface area contributed by atoms with Crippen LogP contribution in [-0.2, 0) is 18.9 Å². The first-order valence-corrected chi connectivity index (χ1v) is 8.63. The molecular formula is C19H36O4. The summed E-state index contributed by atoms with van der Waals surface area (Å²) in [6, 6.07) is 0. The molecule has 136 valence electrons. The highest BCUT2D eigenvalue weighted by atomic mass is 16.8. The highest BCUT2D eigenvalue weighted by Gasteiger charge is 2.78. The van der Waals surface area contributed by atoms with Gasteiger partial charge in [0.1, 0.15) is 0 Å². The van der Waals surface area contributed by atoms with E-state index in [0.29, 0.717) is 0 Å². The van der Waals surface area contributed by atoms with Crippen LogP contribution in [0.15, 0.2) is 0 Å². The van der Waals surface area contributed by atoms with E-state index in [1.807, 2.05) is 27.7 Å². The quantitative estimate of drug-likeness (QED) is 0.648. The molecule has 2 aliphatic heterocycles. The average molecular weight is 328 g/mol. The third-order valence-electron chi connectivity index (χ3n) is 5.62. The first-order valence-electron chi connectivity index (χ1n) is 8.63. The van der Waals surface area contributed by atoms with Gasteiger partial charge in [0.25, 0.3) is 0 Å². The fraction of sp³-hybridized carbons (Fsp3) is 1.00. The van der Waals surface area contributed by atoms with Crippen LogP contribution in [0.1, 0.15) is 83.1 Å². The summed E-state index contributed by atoms with van der Waals surface area (Å²) in [5.41, 5.74) is -2.64. The van der Waals surface area contributed by atoms with Gasteiger partial charge in [-0.25, -0.2) is 0 Å². The van der Waals surface area contributed by atoms with Gasteiger partial charge in [0.05, 0.1) is 27.8 Å². The van der Waals surface area contributed by atoms with Gasteiger partial charge >= 0.3 is 0 Å². The van der Waals surface area contributed by atoms with Gasteiger partial charge in [-0.1, -0.05) is 0 Å². The summed E-state index contributed by atoms with van der Waals surface area (Å²) in [5.74, 6) is -1.34. The molecule has 4 heteroatoms. The molecule has 2 fully saturated rings. The maximum atomic E-state index is 6.45. The number of hydrogen-bond acceptors (Lipinski definition) is 4. The number of ether oxygens (including phenoxy) is 4. The molecule has 0 amide bonds. The van der Waals surface area contributed by atoms with Crippen molar-refractivity contribution in [3.8, 4) is 0 Å². The van der Waals surface area contributed by atoms with Crippen molar-refractivity contribution < 1.29 is 18.9 Å². The van der Waals surface area contributed by atoms with Crippen molar-refractivity contribution in [1.29, 1.82) is 0 Å². The average Bonchev–Trinajstić information content (AvgIpc) is 2.00. The predicted molar refractivity (Wildman–Crippen MR) is 91.2 cm³/mol. The molecule has 0 radical (unpaired) electrons. The Balaban J connectivity index is 2.78. The van der Waals surface area contributed by atoms with E-state index in [1.54, 1.807) is 0 Å². The van der Waals surface area contributed by atoms with E-state index in [2.05, 4.69) is 55.4 Å². The van der Waals surface area contributed by atoms with Gasteiger partial charge in [-0.05, 0) is 83.1 Å². The van der Waals surface area contributed by atoms with Crippen LogP contribution < -0.4 is 0 Å². The van der Waals surface area contributed by atoms with Crippen molar-refractivity contribution in [2.24, 2.45) is 5.41 Å². The van der Waals surface area contributed by atoms with E-state index in [0.717, 1.165) is 0 Å². The zero-order chi connectivity index (χ0) is 18.3. The van der Waals surface area contributed by atoms with Crippen molar-refractivity contribution in [2.75, 3.05) is 0 Å². The lowest BCUT2D eigenvalue weighted by Crippen LogP contribution is -2.84. The highest BCUT2D eigenvalue weighted by molar-refractivity contribution is 5.24. The van der Waals surface area contributed by atoms with E-state index in [-0.39, 0.29) is 0 Å². The van der Waals surface area contributed by atoms with E-state index in [9.17, 15) is 0 Å². The third kappa shape index (κ3) is 2.40. The van der Waals surface area contributed by atoms with Crippen LogP contribution >= 0.6 is 0 Å². The zero-order valence-electron chi connectivity index (χ0n) is 17.1. The Bertz CT molecular complexity index is 408. The van der Waals surface area contributed by atoms with E-state index in [4.69, 9.17) is 18.9 Å². The molecule has 2 aliphatic rings. The molecular weight excluding hydrogens is 292 g/mol. The van der Waals surface area contributed by atoms with Gasteiger partial charge in [-0.3, -0.25) is 0 Å². The molecule has 0 aromatic heterocycles. The summed E-state index contributed by atoms with van der Waals surface area (Å²) in [4.78, 5) is 0. The molecule has 0 saturated carbocycles. The molecule has 23 heavy (non-hydrogen) atoms. The topological polar surface area (TPSA) is 36.9 Å². The summed E-state index contributed by atoms with van der Waals surface area (Å²) in [6.45, 7) is 24.9. The Kier molecular flexibility index (Phi) is 3.76. The molecule has 0 bridgehead atoms. The van der Waals surface area contributed by atoms with Gasteiger partial charge in [0.2, 0.25) is 0 Å². The van der Waals surface area contributed by atoms with Gasteiger partial charge in [-0.2, -0.15) is 0 Å². The molecule has 2 rings (SSSR count). The fourth-order valence-electron chi connectivity index (χ4n) is 7.16. The van der Waals surface area contributed by atoms with Crippen molar-refractivity contribution in [3.63, 3.8) is 0 Å². The van der Waals surface area contributed by atoms with Crippen LogP contribution in [-0.4, -0.2) is 34.0 Å². The Hall–Kier alpha value is -0.160. The minimum absolute atomic E-state index is 0.526. The van der Waals surface area contributed by atoms with E-state index in [1.165, 1.54) is 0 Å². The smallest absolute Gasteiger partial charge is 0.164 e. The second kappa shape index (κ2) is 4.51. The van der Waals surface area contributed by atoms with Crippen LogP contribution in [0, 0.1) is 5.41 Å². The van der Waals surface area contributed by atoms with Crippen LogP contribution in [0.3, 0.4) is 0 Å². The molecule has 1 spiro atoms. The van der Waals surface area contributed by atoms with Crippen molar-refractivity contribution in [3.05, 3.63) is 0 Å². The predicted octanol–water partition coefficient (Wildman–Crippen LogP) is 4.65. The largest absolute Gasteiger partial charge is 0.344 e. The fourth-order valence-corrected chi connectivity index (χ4v) is 7.16. The standard InChI is InChI=1S/C19H36O4/c1-13(2)19(14(3,4)21-17(9,10)20-13)15(5,6)22-18(11,12)23-16(19,7)8/h1-12H3. The molecule has 4 nitrogen and oxygen atoms in total.